The van der Waals surface area contributed by atoms with Gasteiger partial charge >= 0.3 is 0 Å². The van der Waals surface area contributed by atoms with Crippen LogP contribution in [0.15, 0.2) is 42.5 Å². The molecular formula is C13H12FP. The van der Waals surface area contributed by atoms with Crippen LogP contribution in [0.2, 0.25) is 0 Å². The van der Waals surface area contributed by atoms with Gasteiger partial charge in [-0.15, -0.1) is 9.24 Å². The van der Waals surface area contributed by atoms with Crippen molar-refractivity contribution < 1.29 is 4.39 Å². The Morgan fingerprint density at radius 2 is 1.67 bits per heavy atom. The number of rotatable bonds is 1. The number of halogens is 1. The molecule has 0 aliphatic rings. The maximum atomic E-state index is 13.5. The van der Waals surface area contributed by atoms with Gasteiger partial charge in [0, 0.05) is 5.56 Å². The molecule has 0 N–H and O–H groups in total. The maximum absolute atomic E-state index is 13.5. The number of benzene rings is 2. The number of hydrogen-bond acceptors (Lipinski definition) is 0. The molecule has 0 radical (unpaired) electrons. The van der Waals surface area contributed by atoms with Crippen LogP contribution in [0.25, 0.3) is 11.1 Å². The molecule has 2 aromatic carbocycles. The van der Waals surface area contributed by atoms with Crippen molar-refractivity contribution in [2.45, 2.75) is 6.92 Å². The fourth-order valence-corrected chi connectivity index (χ4v) is 1.76. The van der Waals surface area contributed by atoms with Crippen LogP contribution in [0, 0.1) is 12.7 Å². The summed E-state index contributed by atoms with van der Waals surface area (Å²) in [6.07, 6.45) is 0. The lowest BCUT2D eigenvalue weighted by atomic mass is 10.0. The van der Waals surface area contributed by atoms with Gasteiger partial charge in [0.05, 0.1) is 0 Å². The van der Waals surface area contributed by atoms with Gasteiger partial charge in [-0.05, 0) is 29.9 Å². The molecule has 0 fully saturated rings. The molecule has 0 saturated heterocycles. The second-order valence-electron chi connectivity index (χ2n) is 3.61. The first-order valence-electron chi connectivity index (χ1n) is 4.79. The SMILES string of the molecule is Cc1ccc(-c2cc(P)ccc2F)cc1. The molecular weight excluding hydrogens is 206 g/mol. The predicted octanol–water partition coefficient (Wildman–Crippen LogP) is 3.30. The Bertz CT molecular complexity index is 474. The molecule has 0 bridgehead atoms. The molecule has 0 aliphatic carbocycles. The fraction of sp³-hybridized carbons (Fsp3) is 0.0769. The maximum Gasteiger partial charge on any atom is 0.131 e. The highest BCUT2D eigenvalue weighted by atomic mass is 31.0. The zero-order chi connectivity index (χ0) is 10.8. The van der Waals surface area contributed by atoms with Crippen LogP contribution in [-0.4, -0.2) is 0 Å². The molecule has 0 aromatic heterocycles. The van der Waals surface area contributed by atoms with Crippen LogP contribution in [0.1, 0.15) is 5.56 Å². The number of hydrogen-bond donors (Lipinski definition) is 0. The van der Waals surface area contributed by atoms with E-state index >= 15 is 0 Å². The first-order valence-corrected chi connectivity index (χ1v) is 5.36. The van der Waals surface area contributed by atoms with Gasteiger partial charge in [0.1, 0.15) is 5.82 Å². The van der Waals surface area contributed by atoms with Crippen molar-refractivity contribution in [1.82, 2.24) is 0 Å². The Labute approximate surface area is 91.3 Å². The van der Waals surface area contributed by atoms with Crippen LogP contribution in [0.4, 0.5) is 4.39 Å². The summed E-state index contributed by atoms with van der Waals surface area (Å²) in [5.41, 5.74) is 2.76. The Morgan fingerprint density at radius 1 is 1.00 bits per heavy atom. The standard InChI is InChI=1S/C13H12FP/c1-9-2-4-10(5-3-9)12-8-11(15)6-7-13(12)14/h2-8H,15H2,1H3. The van der Waals surface area contributed by atoms with Crippen molar-refractivity contribution in [2.75, 3.05) is 0 Å². The van der Waals surface area contributed by atoms with E-state index < -0.39 is 0 Å². The molecule has 0 aliphatic heterocycles. The lowest BCUT2D eigenvalue weighted by Crippen LogP contribution is -1.93. The highest BCUT2D eigenvalue weighted by Crippen LogP contribution is 2.22. The summed E-state index contributed by atoms with van der Waals surface area (Å²) >= 11 is 0. The minimum atomic E-state index is -0.176. The monoisotopic (exact) mass is 218 g/mol. The largest absolute Gasteiger partial charge is 0.206 e. The van der Waals surface area contributed by atoms with E-state index in [1.807, 2.05) is 37.3 Å². The smallest absolute Gasteiger partial charge is 0.131 e. The summed E-state index contributed by atoms with van der Waals surface area (Å²) < 4.78 is 13.5. The van der Waals surface area contributed by atoms with Crippen LogP contribution < -0.4 is 5.30 Å². The minimum absolute atomic E-state index is 0.176. The van der Waals surface area contributed by atoms with E-state index in [-0.39, 0.29) is 5.82 Å². The Balaban J connectivity index is 2.53. The average Bonchev–Trinajstić information content (AvgIpc) is 2.23. The van der Waals surface area contributed by atoms with Crippen LogP contribution in [0.3, 0.4) is 0 Å². The molecule has 2 rings (SSSR count). The highest BCUT2D eigenvalue weighted by Gasteiger charge is 2.04. The summed E-state index contributed by atoms with van der Waals surface area (Å²) in [5, 5.41) is 0.993. The quantitative estimate of drug-likeness (QED) is 0.644. The van der Waals surface area contributed by atoms with Gasteiger partial charge < -0.3 is 0 Å². The summed E-state index contributed by atoms with van der Waals surface area (Å²) in [4.78, 5) is 0. The van der Waals surface area contributed by atoms with E-state index in [2.05, 4.69) is 9.24 Å². The third kappa shape index (κ3) is 2.24. The average molecular weight is 218 g/mol. The third-order valence-electron chi connectivity index (χ3n) is 2.35. The van der Waals surface area contributed by atoms with Crippen LogP contribution in [0.5, 0.6) is 0 Å². The van der Waals surface area contributed by atoms with Gasteiger partial charge in [0.15, 0.2) is 0 Å². The lowest BCUT2D eigenvalue weighted by Gasteiger charge is -2.05. The molecule has 1 unspecified atom stereocenters. The Hall–Kier alpha value is -1.20. The zero-order valence-electron chi connectivity index (χ0n) is 8.50. The molecule has 1 atom stereocenters. The highest BCUT2D eigenvalue weighted by molar-refractivity contribution is 7.27. The van der Waals surface area contributed by atoms with Gasteiger partial charge in [-0.2, -0.15) is 0 Å². The van der Waals surface area contributed by atoms with Crippen molar-refractivity contribution in [3.05, 3.63) is 53.8 Å². The third-order valence-corrected chi connectivity index (χ3v) is 2.71. The van der Waals surface area contributed by atoms with E-state index in [0.29, 0.717) is 5.56 Å². The molecule has 0 saturated carbocycles. The van der Waals surface area contributed by atoms with Gasteiger partial charge in [-0.25, -0.2) is 4.39 Å². The van der Waals surface area contributed by atoms with Crippen molar-refractivity contribution in [3.63, 3.8) is 0 Å². The van der Waals surface area contributed by atoms with E-state index in [1.54, 1.807) is 6.07 Å². The van der Waals surface area contributed by atoms with Crippen molar-refractivity contribution in [2.24, 2.45) is 0 Å². The van der Waals surface area contributed by atoms with E-state index in [1.165, 1.54) is 11.6 Å². The first-order chi connectivity index (χ1) is 7.16. The van der Waals surface area contributed by atoms with E-state index in [0.717, 1.165) is 10.9 Å². The van der Waals surface area contributed by atoms with Gasteiger partial charge in [0.2, 0.25) is 0 Å². The van der Waals surface area contributed by atoms with Crippen LogP contribution in [-0.2, 0) is 0 Å². The normalized spacial score (nSPS) is 10.3. The van der Waals surface area contributed by atoms with Gasteiger partial charge in [-0.3, -0.25) is 0 Å². The lowest BCUT2D eigenvalue weighted by molar-refractivity contribution is 0.631. The van der Waals surface area contributed by atoms with E-state index in [9.17, 15) is 4.39 Å². The molecule has 0 amide bonds. The molecule has 76 valence electrons. The van der Waals surface area contributed by atoms with Gasteiger partial charge in [-0.1, -0.05) is 35.9 Å². The fourth-order valence-electron chi connectivity index (χ4n) is 1.50. The Morgan fingerprint density at radius 3 is 2.33 bits per heavy atom. The second kappa shape index (κ2) is 4.12. The molecule has 2 heteroatoms. The summed E-state index contributed by atoms with van der Waals surface area (Å²) in [5.74, 6) is -0.176. The molecule has 0 nitrogen and oxygen atoms in total. The van der Waals surface area contributed by atoms with Crippen LogP contribution >= 0.6 is 9.24 Å². The van der Waals surface area contributed by atoms with Crippen molar-refractivity contribution in [1.29, 1.82) is 0 Å². The minimum Gasteiger partial charge on any atom is -0.206 e. The van der Waals surface area contributed by atoms with Crippen molar-refractivity contribution in [3.8, 4) is 11.1 Å². The molecule has 0 heterocycles. The first kappa shape index (κ1) is 10.3. The molecule has 2 aromatic rings. The summed E-state index contributed by atoms with van der Waals surface area (Å²) in [6.45, 7) is 2.02. The number of aryl methyl sites for hydroxylation is 1. The van der Waals surface area contributed by atoms with Gasteiger partial charge in [0.25, 0.3) is 0 Å². The second-order valence-corrected chi connectivity index (χ2v) is 4.27. The predicted molar refractivity (Wildman–Crippen MR) is 65.9 cm³/mol. The van der Waals surface area contributed by atoms with Crippen molar-refractivity contribution >= 4 is 14.5 Å². The molecule has 0 spiro atoms. The Kier molecular flexibility index (Phi) is 2.83. The van der Waals surface area contributed by atoms with E-state index in [4.69, 9.17) is 0 Å². The summed E-state index contributed by atoms with van der Waals surface area (Å²) in [6, 6.07) is 12.9. The zero-order valence-corrected chi connectivity index (χ0v) is 9.65. The topological polar surface area (TPSA) is 0 Å². The molecule has 15 heavy (non-hydrogen) atoms. The summed E-state index contributed by atoms with van der Waals surface area (Å²) in [7, 11) is 2.58.